The summed E-state index contributed by atoms with van der Waals surface area (Å²) in [5.74, 6) is 0.937. The topological polar surface area (TPSA) is 44.5 Å². The van der Waals surface area contributed by atoms with Gasteiger partial charge in [0.05, 0.1) is 13.2 Å². The maximum atomic E-state index is 6.24. The van der Waals surface area contributed by atoms with E-state index in [9.17, 15) is 0 Å². The van der Waals surface area contributed by atoms with Crippen LogP contribution >= 0.6 is 0 Å². The molecule has 0 saturated carbocycles. The first-order chi connectivity index (χ1) is 9.29. The van der Waals surface area contributed by atoms with Gasteiger partial charge in [-0.05, 0) is 50.2 Å². The van der Waals surface area contributed by atoms with Crippen molar-refractivity contribution >= 4 is 0 Å². The molecule has 1 aliphatic heterocycles. The third-order valence-electron chi connectivity index (χ3n) is 3.81. The predicted octanol–water partition coefficient (Wildman–Crippen LogP) is 2.91. The minimum atomic E-state index is 0.182. The first-order valence-electron chi connectivity index (χ1n) is 7.28. The molecule has 2 rings (SSSR count). The maximum Gasteiger partial charge on any atom is 0.122 e. The summed E-state index contributed by atoms with van der Waals surface area (Å²) >= 11 is 0. The van der Waals surface area contributed by atoms with Crippen molar-refractivity contribution in [2.24, 2.45) is 5.73 Å². The fraction of sp³-hybridized carbons (Fsp3) is 0.625. The largest absolute Gasteiger partial charge is 0.496 e. The Hall–Kier alpha value is -1.06. The molecule has 106 valence electrons. The average molecular weight is 263 g/mol. The van der Waals surface area contributed by atoms with Crippen LogP contribution in [-0.4, -0.2) is 25.9 Å². The molecule has 1 aromatic carbocycles. The van der Waals surface area contributed by atoms with Gasteiger partial charge in [-0.3, -0.25) is 0 Å². The zero-order chi connectivity index (χ0) is 13.5. The summed E-state index contributed by atoms with van der Waals surface area (Å²) in [4.78, 5) is 0. The highest BCUT2D eigenvalue weighted by molar-refractivity contribution is 5.33. The second kappa shape index (κ2) is 7.51. The Kier molecular flexibility index (Phi) is 5.67. The summed E-state index contributed by atoms with van der Waals surface area (Å²) in [6.07, 6.45) is 7.10. The molecule has 3 nitrogen and oxygen atoms in total. The number of hydrogen-bond donors (Lipinski definition) is 1. The molecule has 1 aliphatic rings. The number of benzene rings is 1. The maximum absolute atomic E-state index is 6.24. The van der Waals surface area contributed by atoms with E-state index >= 15 is 0 Å². The molecule has 0 amide bonds. The first-order valence-corrected chi connectivity index (χ1v) is 7.28. The van der Waals surface area contributed by atoms with Gasteiger partial charge in [0.15, 0.2) is 0 Å². The fourth-order valence-electron chi connectivity index (χ4n) is 2.69. The van der Waals surface area contributed by atoms with E-state index in [1.165, 1.54) is 24.8 Å². The van der Waals surface area contributed by atoms with Gasteiger partial charge in [0.2, 0.25) is 0 Å². The number of hydrogen-bond acceptors (Lipinski definition) is 3. The van der Waals surface area contributed by atoms with Gasteiger partial charge in [0.25, 0.3) is 0 Å². The highest BCUT2D eigenvalue weighted by Gasteiger charge is 2.16. The van der Waals surface area contributed by atoms with E-state index in [1.807, 2.05) is 18.2 Å². The molecule has 2 unspecified atom stereocenters. The summed E-state index contributed by atoms with van der Waals surface area (Å²) in [6, 6.07) is 8.29. The Labute approximate surface area is 116 Å². The number of rotatable bonds is 6. The molecular weight excluding hydrogens is 238 g/mol. The first kappa shape index (κ1) is 14.4. The van der Waals surface area contributed by atoms with Gasteiger partial charge >= 0.3 is 0 Å². The van der Waals surface area contributed by atoms with Crippen molar-refractivity contribution in [3.8, 4) is 5.75 Å². The van der Waals surface area contributed by atoms with Crippen LogP contribution in [0.4, 0.5) is 0 Å². The van der Waals surface area contributed by atoms with E-state index in [0.717, 1.165) is 31.6 Å². The molecule has 19 heavy (non-hydrogen) atoms. The third kappa shape index (κ3) is 4.51. The fourth-order valence-corrected chi connectivity index (χ4v) is 2.69. The van der Waals surface area contributed by atoms with Crippen LogP contribution in [0.25, 0.3) is 0 Å². The van der Waals surface area contributed by atoms with Crippen LogP contribution in [0.15, 0.2) is 24.3 Å². The van der Waals surface area contributed by atoms with Crippen molar-refractivity contribution in [2.45, 2.75) is 50.7 Å². The van der Waals surface area contributed by atoms with E-state index < -0.39 is 0 Å². The molecular formula is C16H25NO2. The van der Waals surface area contributed by atoms with Crippen LogP contribution in [-0.2, 0) is 11.2 Å². The number of ether oxygens (including phenoxy) is 2. The molecule has 0 aromatic heterocycles. The third-order valence-corrected chi connectivity index (χ3v) is 3.81. The van der Waals surface area contributed by atoms with Crippen LogP contribution in [0.5, 0.6) is 5.75 Å². The summed E-state index contributed by atoms with van der Waals surface area (Å²) < 4.78 is 11.1. The minimum Gasteiger partial charge on any atom is -0.496 e. The summed E-state index contributed by atoms with van der Waals surface area (Å²) in [7, 11) is 1.71. The van der Waals surface area contributed by atoms with Crippen LogP contribution < -0.4 is 10.5 Å². The molecule has 2 N–H and O–H groups in total. The Morgan fingerprint density at radius 3 is 2.95 bits per heavy atom. The molecule has 0 radical (unpaired) electrons. The van der Waals surface area contributed by atoms with Crippen LogP contribution in [0, 0.1) is 0 Å². The quantitative estimate of drug-likeness (QED) is 0.858. The molecule has 2 atom stereocenters. The number of para-hydroxylation sites is 1. The molecule has 1 fully saturated rings. The number of nitrogens with two attached hydrogens (primary N) is 1. The van der Waals surface area contributed by atoms with Gasteiger partial charge in [0.1, 0.15) is 5.75 Å². The SMILES string of the molecule is COc1ccccc1CC(N)CCC1CCCCO1. The standard InChI is InChI=1S/C16H25NO2/c1-18-16-8-3-2-6-13(16)12-14(17)9-10-15-7-4-5-11-19-15/h2-3,6,8,14-15H,4-5,7,9-12,17H2,1H3. The lowest BCUT2D eigenvalue weighted by atomic mass is 9.97. The van der Waals surface area contributed by atoms with Gasteiger partial charge in [-0.25, -0.2) is 0 Å². The van der Waals surface area contributed by atoms with Crippen LogP contribution in [0.2, 0.25) is 0 Å². The van der Waals surface area contributed by atoms with Crippen LogP contribution in [0.1, 0.15) is 37.7 Å². The Bertz CT molecular complexity index is 375. The van der Waals surface area contributed by atoms with E-state index in [0.29, 0.717) is 6.10 Å². The summed E-state index contributed by atoms with van der Waals surface area (Å²) in [6.45, 7) is 0.923. The average Bonchev–Trinajstić information content (AvgIpc) is 2.47. The lowest BCUT2D eigenvalue weighted by Gasteiger charge is -2.24. The highest BCUT2D eigenvalue weighted by Crippen LogP contribution is 2.21. The minimum absolute atomic E-state index is 0.182. The van der Waals surface area contributed by atoms with Crippen molar-refractivity contribution in [3.05, 3.63) is 29.8 Å². The van der Waals surface area contributed by atoms with E-state index in [1.54, 1.807) is 7.11 Å². The van der Waals surface area contributed by atoms with Gasteiger partial charge in [-0.2, -0.15) is 0 Å². The molecule has 1 heterocycles. The van der Waals surface area contributed by atoms with Gasteiger partial charge < -0.3 is 15.2 Å². The molecule has 0 spiro atoms. The van der Waals surface area contributed by atoms with E-state index in [2.05, 4.69) is 6.07 Å². The van der Waals surface area contributed by atoms with Crippen molar-refractivity contribution in [1.82, 2.24) is 0 Å². The summed E-state index contributed by atoms with van der Waals surface area (Å²) in [5.41, 5.74) is 7.43. The van der Waals surface area contributed by atoms with Crippen molar-refractivity contribution in [2.75, 3.05) is 13.7 Å². The van der Waals surface area contributed by atoms with Gasteiger partial charge in [0, 0.05) is 12.6 Å². The van der Waals surface area contributed by atoms with Gasteiger partial charge in [-0.15, -0.1) is 0 Å². The van der Waals surface area contributed by atoms with Crippen molar-refractivity contribution in [1.29, 1.82) is 0 Å². The second-order valence-corrected chi connectivity index (χ2v) is 5.34. The van der Waals surface area contributed by atoms with E-state index in [-0.39, 0.29) is 6.04 Å². The smallest absolute Gasteiger partial charge is 0.122 e. The lowest BCUT2D eigenvalue weighted by Crippen LogP contribution is -2.27. The zero-order valence-electron chi connectivity index (χ0n) is 11.8. The van der Waals surface area contributed by atoms with Crippen LogP contribution in [0.3, 0.4) is 0 Å². The lowest BCUT2D eigenvalue weighted by molar-refractivity contribution is 0.00915. The molecule has 0 aliphatic carbocycles. The molecule has 1 saturated heterocycles. The predicted molar refractivity (Wildman–Crippen MR) is 77.5 cm³/mol. The molecule has 0 bridgehead atoms. The Balaban J connectivity index is 1.78. The highest BCUT2D eigenvalue weighted by atomic mass is 16.5. The number of methoxy groups -OCH3 is 1. The Morgan fingerprint density at radius 2 is 2.21 bits per heavy atom. The van der Waals surface area contributed by atoms with Crippen molar-refractivity contribution < 1.29 is 9.47 Å². The van der Waals surface area contributed by atoms with Crippen molar-refractivity contribution in [3.63, 3.8) is 0 Å². The summed E-state index contributed by atoms with van der Waals surface area (Å²) in [5, 5.41) is 0. The Morgan fingerprint density at radius 1 is 1.37 bits per heavy atom. The zero-order valence-corrected chi connectivity index (χ0v) is 11.8. The monoisotopic (exact) mass is 263 g/mol. The molecule has 1 aromatic rings. The normalized spacial score (nSPS) is 21.1. The second-order valence-electron chi connectivity index (χ2n) is 5.34. The van der Waals surface area contributed by atoms with Gasteiger partial charge in [-0.1, -0.05) is 18.2 Å². The molecule has 3 heteroatoms. The van der Waals surface area contributed by atoms with E-state index in [4.69, 9.17) is 15.2 Å².